The summed E-state index contributed by atoms with van der Waals surface area (Å²) in [5.74, 6) is 0. The molecule has 0 saturated heterocycles. The third-order valence-electron chi connectivity index (χ3n) is 5.81. The van der Waals surface area contributed by atoms with Gasteiger partial charge in [0.2, 0.25) is 0 Å². The Balaban J connectivity index is 3.61. The van der Waals surface area contributed by atoms with Gasteiger partial charge in [-0.2, -0.15) is 0 Å². The summed E-state index contributed by atoms with van der Waals surface area (Å²) in [5, 5.41) is 3.97. The smallest absolute Gasteiger partial charge is 0.119 e. The molecule has 0 aromatic heterocycles. The van der Waals surface area contributed by atoms with Crippen molar-refractivity contribution < 1.29 is 0 Å². The number of halogens is 2. The van der Waals surface area contributed by atoms with Gasteiger partial charge in [0.15, 0.2) is 13.4 Å². The monoisotopic (exact) mass is 518 g/mol. The topological polar surface area (TPSA) is 0 Å². The highest BCUT2D eigenvalue weighted by Gasteiger charge is 2.54. The van der Waals surface area contributed by atoms with Gasteiger partial charge in [0, 0.05) is 0 Å². The second-order valence-corrected chi connectivity index (χ2v) is 28.8. The van der Waals surface area contributed by atoms with Crippen LogP contribution in [-0.2, 0) is 0 Å². The first-order chi connectivity index (χ1) is 11.2. The molecule has 4 heteroatoms. The summed E-state index contributed by atoms with van der Waals surface area (Å²) in [6.45, 7) is 24.9. The number of hydrogen-bond donors (Lipinski definition) is 0. The van der Waals surface area contributed by atoms with E-state index < -0.39 is 13.4 Å². The molecule has 0 nitrogen and oxygen atoms in total. The zero-order valence-corrected chi connectivity index (χ0v) is 24.2. The highest BCUT2D eigenvalue weighted by molar-refractivity contribution is 9.27. The Bertz CT molecular complexity index is 536. The summed E-state index contributed by atoms with van der Waals surface area (Å²) in [6.07, 6.45) is 0. The van der Waals surface area contributed by atoms with Crippen LogP contribution in [0.2, 0.25) is 20.2 Å². The first kappa shape index (κ1) is 24.7. The van der Waals surface area contributed by atoms with Gasteiger partial charge in [0.05, 0.1) is 0 Å². The number of rotatable bonds is 2. The molecule has 1 aromatic rings. The van der Waals surface area contributed by atoms with E-state index in [9.17, 15) is 0 Å². The Kier molecular flexibility index (Phi) is 6.77. The Labute approximate surface area is 181 Å². The van der Waals surface area contributed by atoms with E-state index in [4.69, 9.17) is 0 Å². The summed E-state index contributed by atoms with van der Waals surface area (Å²) >= 11 is 8.65. The van der Waals surface area contributed by atoms with E-state index in [0.717, 1.165) is 0 Å². The molecule has 0 saturated carbocycles. The fraction of sp³-hybridized carbons (Fsp3) is 0.727. The van der Waals surface area contributed by atoms with Crippen LogP contribution in [0.4, 0.5) is 0 Å². The zero-order chi connectivity index (χ0) is 21.0. The van der Waals surface area contributed by atoms with Gasteiger partial charge in [0.25, 0.3) is 0 Å². The maximum absolute atomic E-state index is 4.33. The molecule has 0 aliphatic carbocycles. The van der Waals surface area contributed by atoms with Crippen LogP contribution in [0.15, 0.2) is 24.3 Å². The van der Waals surface area contributed by atoms with Crippen molar-refractivity contribution >= 4 is 54.3 Å². The first-order valence-electron chi connectivity index (χ1n) is 9.70. The fourth-order valence-electron chi connectivity index (χ4n) is 4.91. The lowest BCUT2D eigenvalue weighted by atomic mass is 10.2. The van der Waals surface area contributed by atoms with Crippen LogP contribution < -0.4 is 10.4 Å². The minimum atomic E-state index is -1.89. The molecule has 0 atom stereocenters. The molecule has 0 spiro atoms. The minimum absolute atomic E-state index is 0.240. The molecule has 0 amide bonds. The van der Waals surface area contributed by atoms with Crippen LogP contribution in [0.25, 0.3) is 0 Å². The van der Waals surface area contributed by atoms with Gasteiger partial charge in [0.1, 0.15) is 0 Å². The molecule has 150 valence electrons. The number of hydrogen-bond acceptors (Lipinski definition) is 0. The molecular weight excluding hydrogens is 480 g/mol. The van der Waals surface area contributed by atoms with Gasteiger partial charge >= 0.3 is 0 Å². The van der Waals surface area contributed by atoms with Gasteiger partial charge < -0.3 is 0 Å². The van der Waals surface area contributed by atoms with Crippen molar-refractivity contribution in [3.05, 3.63) is 24.3 Å². The quantitative estimate of drug-likeness (QED) is 0.274. The Morgan fingerprint density at radius 3 is 0.731 bits per heavy atom. The molecular formula is C22H40Br2Si2. The van der Waals surface area contributed by atoms with E-state index in [-0.39, 0.29) is 20.2 Å². The average molecular weight is 521 g/mol. The molecule has 0 N–H and O–H groups in total. The van der Waals surface area contributed by atoms with E-state index in [1.165, 1.54) is 10.4 Å². The third-order valence-corrected chi connectivity index (χ3v) is 33.4. The molecule has 1 rings (SSSR count). The van der Waals surface area contributed by atoms with Gasteiger partial charge in [-0.1, -0.05) is 107 Å². The van der Waals surface area contributed by atoms with Crippen molar-refractivity contribution in [2.75, 3.05) is 0 Å². The Morgan fingerprint density at radius 1 is 0.462 bits per heavy atom. The summed E-state index contributed by atoms with van der Waals surface area (Å²) in [6, 6.07) is 9.70. The third kappa shape index (κ3) is 3.99. The fourth-order valence-corrected chi connectivity index (χ4v) is 15.7. The van der Waals surface area contributed by atoms with Crippen molar-refractivity contribution in [3.8, 4) is 0 Å². The predicted octanol–water partition coefficient (Wildman–Crippen LogP) is 7.98. The van der Waals surface area contributed by atoms with E-state index in [1.807, 2.05) is 0 Å². The van der Waals surface area contributed by atoms with E-state index in [0.29, 0.717) is 0 Å². The maximum atomic E-state index is 4.33. The summed E-state index contributed by atoms with van der Waals surface area (Å²) < 4.78 is 0. The van der Waals surface area contributed by atoms with Gasteiger partial charge in [-0.05, 0) is 30.5 Å². The Morgan fingerprint density at radius 2 is 0.615 bits per heavy atom. The highest BCUT2D eigenvalue weighted by Crippen LogP contribution is 2.55. The van der Waals surface area contributed by atoms with Crippen LogP contribution in [0.3, 0.4) is 0 Å². The molecule has 0 heterocycles. The van der Waals surface area contributed by atoms with Crippen molar-refractivity contribution in [1.29, 1.82) is 0 Å². The van der Waals surface area contributed by atoms with E-state index in [2.05, 4.69) is 138 Å². The van der Waals surface area contributed by atoms with Gasteiger partial charge in [-0.25, -0.2) is 0 Å². The maximum Gasteiger partial charge on any atom is 0.171 e. The second kappa shape index (κ2) is 7.14. The molecule has 0 aliphatic heterocycles. The Hall–Kier alpha value is 0.614. The summed E-state index contributed by atoms with van der Waals surface area (Å²) in [4.78, 5) is 0. The van der Waals surface area contributed by atoms with Crippen LogP contribution >= 0.6 is 30.6 Å². The minimum Gasteiger partial charge on any atom is -0.119 e. The predicted molar refractivity (Wildman–Crippen MR) is 134 cm³/mol. The molecule has 0 bridgehead atoms. The summed E-state index contributed by atoms with van der Waals surface area (Å²) in [7, 11) is 0. The normalized spacial score (nSPS) is 15.3. The number of benzene rings is 1. The highest BCUT2D eigenvalue weighted by atomic mass is 79.9. The molecule has 1 aromatic carbocycles. The molecule has 0 unspecified atom stereocenters. The summed E-state index contributed by atoms with van der Waals surface area (Å²) in [5.41, 5.74) is 0. The van der Waals surface area contributed by atoms with E-state index >= 15 is 0 Å². The lowest BCUT2D eigenvalue weighted by Crippen LogP contribution is -2.59. The van der Waals surface area contributed by atoms with Gasteiger partial charge in [-0.15, -0.1) is 30.6 Å². The van der Waals surface area contributed by atoms with Crippen molar-refractivity contribution in [1.82, 2.24) is 0 Å². The molecule has 0 radical (unpaired) electrons. The average Bonchev–Trinajstić information content (AvgIpc) is 2.40. The largest absolute Gasteiger partial charge is 0.171 e. The first-order valence-corrected chi connectivity index (χ1v) is 18.2. The zero-order valence-electron chi connectivity index (χ0n) is 19.1. The standard InChI is InChI=1S/C22H40Br2Si2/c1-19(2,3)25(23,20(4,5)6)17-13-15-18(16-14-17)26(24,21(7,8)9)22(10,11)12/h13-16H,1-12H3. The van der Waals surface area contributed by atoms with Crippen LogP contribution in [0.5, 0.6) is 0 Å². The van der Waals surface area contributed by atoms with Crippen molar-refractivity contribution in [2.45, 2.75) is 103 Å². The van der Waals surface area contributed by atoms with Crippen LogP contribution in [0.1, 0.15) is 83.1 Å². The van der Waals surface area contributed by atoms with Crippen molar-refractivity contribution in [2.24, 2.45) is 0 Å². The lowest BCUT2D eigenvalue weighted by Gasteiger charge is -2.49. The molecule has 26 heavy (non-hydrogen) atoms. The van der Waals surface area contributed by atoms with Crippen molar-refractivity contribution in [3.63, 3.8) is 0 Å². The van der Waals surface area contributed by atoms with Crippen LogP contribution in [-0.4, -0.2) is 13.4 Å². The van der Waals surface area contributed by atoms with E-state index in [1.54, 1.807) is 0 Å². The SMILES string of the molecule is CC(C)(C)[Si](Br)(c1ccc([Si](Br)(C(C)(C)C)C(C)(C)C)cc1)C(C)(C)C. The molecule has 0 aliphatic rings. The van der Waals surface area contributed by atoms with Gasteiger partial charge in [-0.3, -0.25) is 0 Å². The lowest BCUT2D eigenvalue weighted by molar-refractivity contribution is 0.646. The molecule has 0 fully saturated rings. The second-order valence-electron chi connectivity index (χ2n) is 11.9. The van der Waals surface area contributed by atoms with Crippen LogP contribution in [0, 0.1) is 0 Å².